The summed E-state index contributed by atoms with van der Waals surface area (Å²) in [5, 5.41) is 3.29. The van der Waals surface area contributed by atoms with Crippen molar-refractivity contribution < 1.29 is 4.74 Å². The van der Waals surface area contributed by atoms with Crippen molar-refractivity contribution in [1.29, 1.82) is 0 Å². The first kappa shape index (κ1) is 14.7. The highest BCUT2D eigenvalue weighted by atomic mass is 16.5. The van der Waals surface area contributed by atoms with Gasteiger partial charge in [-0.1, -0.05) is 13.8 Å². The topological polar surface area (TPSA) is 50.3 Å². The van der Waals surface area contributed by atoms with Crippen LogP contribution < -0.4 is 10.1 Å². The molecule has 1 rings (SSSR count). The first-order valence-corrected chi connectivity index (χ1v) is 6.71. The molecule has 0 unspecified atom stereocenters. The number of nitrogens with one attached hydrogen (secondary N) is 1. The molecule has 102 valence electrons. The number of ether oxygens (including phenoxy) is 1. The van der Waals surface area contributed by atoms with E-state index in [2.05, 4.69) is 34.0 Å². The molecule has 0 spiro atoms. The lowest BCUT2D eigenvalue weighted by atomic mass is 10.4. The van der Waals surface area contributed by atoms with E-state index in [1.165, 1.54) is 12.7 Å². The van der Waals surface area contributed by atoms with Crippen molar-refractivity contribution in [1.82, 2.24) is 14.9 Å². The van der Waals surface area contributed by atoms with Crippen LogP contribution in [-0.2, 0) is 0 Å². The fourth-order valence-electron chi connectivity index (χ4n) is 1.75. The third kappa shape index (κ3) is 5.31. The Morgan fingerprint density at radius 1 is 1.22 bits per heavy atom. The normalized spacial score (nSPS) is 10.7. The molecule has 0 saturated heterocycles. The molecule has 0 radical (unpaired) electrons. The Kier molecular flexibility index (Phi) is 7.10. The number of hydrogen-bond acceptors (Lipinski definition) is 5. The molecule has 18 heavy (non-hydrogen) atoms. The average molecular weight is 252 g/mol. The Morgan fingerprint density at radius 3 is 2.72 bits per heavy atom. The van der Waals surface area contributed by atoms with Crippen molar-refractivity contribution in [3.63, 3.8) is 0 Å². The van der Waals surface area contributed by atoms with E-state index in [-0.39, 0.29) is 0 Å². The smallest absolute Gasteiger partial charge is 0.218 e. The van der Waals surface area contributed by atoms with Gasteiger partial charge in [0.15, 0.2) is 0 Å². The van der Waals surface area contributed by atoms with Gasteiger partial charge in [0, 0.05) is 19.2 Å². The van der Waals surface area contributed by atoms with E-state index in [1.54, 1.807) is 0 Å². The summed E-state index contributed by atoms with van der Waals surface area (Å²) in [4.78, 5) is 10.6. The highest BCUT2D eigenvalue weighted by molar-refractivity contribution is 5.36. The van der Waals surface area contributed by atoms with E-state index in [9.17, 15) is 0 Å². The predicted octanol–water partition coefficient (Wildman–Crippen LogP) is 2.02. The van der Waals surface area contributed by atoms with E-state index < -0.39 is 0 Å². The van der Waals surface area contributed by atoms with E-state index in [0.29, 0.717) is 12.5 Å². The molecule has 0 atom stereocenters. The van der Waals surface area contributed by atoms with E-state index >= 15 is 0 Å². The summed E-state index contributed by atoms with van der Waals surface area (Å²) in [7, 11) is 0. The summed E-state index contributed by atoms with van der Waals surface area (Å²) in [6.45, 7) is 11.1. The standard InChI is InChI=1S/C13H24N4O/c1-4-8-17(5-2)9-7-14-12-10-13(18-6-3)16-11-15-12/h10-11H,4-9H2,1-3H3,(H,14,15,16). The van der Waals surface area contributed by atoms with Gasteiger partial charge in [0.25, 0.3) is 0 Å². The number of anilines is 1. The van der Waals surface area contributed by atoms with Crippen molar-refractivity contribution in [2.24, 2.45) is 0 Å². The molecule has 1 N–H and O–H groups in total. The van der Waals surface area contributed by atoms with E-state index in [4.69, 9.17) is 4.74 Å². The molecule has 1 aromatic heterocycles. The van der Waals surface area contributed by atoms with Crippen LogP contribution >= 0.6 is 0 Å². The second kappa shape index (κ2) is 8.69. The van der Waals surface area contributed by atoms with Crippen LogP contribution in [0.25, 0.3) is 0 Å². The molecule has 0 saturated carbocycles. The number of likely N-dealkylation sites (N-methyl/N-ethyl adjacent to an activating group) is 1. The minimum atomic E-state index is 0.621. The van der Waals surface area contributed by atoms with Crippen molar-refractivity contribution >= 4 is 5.82 Å². The molecule has 0 bridgehead atoms. The first-order valence-electron chi connectivity index (χ1n) is 6.71. The molecule has 1 aromatic rings. The average Bonchev–Trinajstić information content (AvgIpc) is 2.38. The Morgan fingerprint density at radius 2 is 2.06 bits per heavy atom. The zero-order valence-corrected chi connectivity index (χ0v) is 11.6. The van der Waals surface area contributed by atoms with Gasteiger partial charge in [-0.2, -0.15) is 0 Å². The van der Waals surface area contributed by atoms with Crippen LogP contribution in [0.2, 0.25) is 0 Å². The lowest BCUT2D eigenvalue weighted by Crippen LogP contribution is -2.29. The summed E-state index contributed by atoms with van der Waals surface area (Å²) in [6, 6.07) is 1.83. The number of nitrogens with zero attached hydrogens (tertiary/aromatic N) is 3. The number of rotatable bonds is 9. The van der Waals surface area contributed by atoms with Gasteiger partial charge in [-0.25, -0.2) is 9.97 Å². The van der Waals surface area contributed by atoms with Crippen molar-refractivity contribution in [3.05, 3.63) is 12.4 Å². The lowest BCUT2D eigenvalue weighted by molar-refractivity contribution is 0.300. The Hall–Kier alpha value is -1.36. The Labute approximate surface area is 110 Å². The molecule has 5 heteroatoms. The van der Waals surface area contributed by atoms with Gasteiger partial charge in [-0.15, -0.1) is 0 Å². The predicted molar refractivity (Wildman–Crippen MR) is 74.1 cm³/mol. The van der Waals surface area contributed by atoms with Crippen LogP contribution in [0.5, 0.6) is 5.88 Å². The minimum Gasteiger partial charge on any atom is -0.478 e. The molecule has 0 aliphatic heterocycles. The molecule has 0 aliphatic carbocycles. The van der Waals surface area contributed by atoms with Crippen LogP contribution in [0.4, 0.5) is 5.82 Å². The molecule has 5 nitrogen and oxygen atoms in total. The highest BCUT2D eigenvalue weighted by Crippen LogP contribution is 2.10. The summed E-state index contributed by atoms with van der Waals surface area (Å²) in [5.41, 5.74) is 0. The first-order chi connectivity index (χ1) is 8.80. The maximum atomic E-state index is 5.33. The van der Waals surface area contributed by atoms with Crippen molar-refractivity contribution in [2.75, 3.05) is 38.1 Å². The molecule has 0 aliphatic rings. The molecule has 0 fully saturated rings. The largest absolute Gasteiger partial charge is 0.478 e. The van der Waals surface area contributed by atoms with Crippen LogP contribution in [-0.4, -0.2) is 47.7 Å². The SMILES string of the molecule is CCCN(CC)CCNc1cc(OCC)ncn1. The monoisotopic (exact) mass is 252 g/mol. The zero-order chi connectivity index (χ0) is 13.2. The summed E-state index contributed by atoms with van der Waals surface area (Å²) >= 11 is 0. The van der Waals surface area contributed by atoms with Crippen molar-refractivity contribution in [2.45, 2.75) is 27.2 Å². The third-order valence-corrected chi connectivity index (χ3v) is 2.66. The van der Waals surface area contributed by atoms with E-state index in [0.717, 1.165) is 32.0 Å². The Balaban J connectivity index is 2.36. The Bertz CT molecular complexity index is 333. The van der Waals surface area contributed by atoms with Crippen LogP contribution in [0, 0.1) is 0 Å². The molecule has 0 amide bonds. The third-order valence-electron chi connectivity index (χ3n) is 2.66. The van der Waals surface area contributed by atoms with Gasteiger partial charge < -0.3 is 15.0 Å². The fourth-order valence-corrected chi connectivity index (χ4v) is 1.75. The maximum Gasteiger partial charge on any atom is 0.218 e. The van der Waals surface area contributed by atoms with Crippen molar-refractivity contribution in [3.8, 4) is 5.88 Å². The van der Waals surface area contributed by atoms with Crippen LogP contribution in [0.15, 0.2) is 12.4 Å². The fraction of sp³-hybridized carbons (Fsp3) is 0.692. The van der Waals surface area contributed by atoms with Gasteiger partial charge in [0.05, 0.1) is 6.61 Å². The van der Waals surface area contributed by atoms with Crippen LogP contribution in [0.1, 0.15) is 27.2 Å². The van der Waals surface area contributed by atoms with Crippen LogP contribution in [0.3, 0.4) is 0 Å². The second-order valence-corrected chi connectivity index (χ2v) is 4.04. The summed E-state index contributed by atoms with van der Waals surface area (Å²) < 4.78 is 5.33. The lowest BCUT2D eigenvalue weighted by Gasteiger charge is -2.19. The highest BCUT2D eigenvalue weighted by Gasteiger charge is 2.02. The van der Waals surface area contributed by atoms with Gasteiger partial charge in [-0.05, 0) is 26.4 Å². The minimum absolute atomic E-state index is 0.621. The zero-order valence-electron chi connectivity index (χ0n) is 11.6. The molecular weight excluding hydrogens is 228 g/mol. The van der Waals surface area contributed by atoms with Gasteiger partial charge in [-0.3, -0.25) is 0 Å². The van der Waals surface area contributed by atoms with E-state index in [1.807, 2.05) is 13.0 Å². The molecule has 1 heterocycles. The summed E-state index contributed by atoms with van der Waals surface area (Å²) in [5.74, 6) is 1.44. The maximum absolute atomic E-state index is 5.33. The summed E-state index contributed by atoms with van der Waals surface area (Å²) in [6.07, 6.45) is 2.72. The van der Waals surface area contributed by atoms with Gasteiger partial charge in [0.2, 0.25) is 5.88 Å². The van der Waals surface area contributed by atoms with Gasteiger partial charge >= 0.3 is 0 Å². The second-order valence-electron chi connectivity index (χ2n) is 4.04. The number of hydrogen-bond donors (Lipinski definition) is 1. The van der Waals surface area contributed by atoms with Gasteiger partial charge in [0.1, 0.15) is 12.1 Å². The quantitative estimate of drug-likeness (QED) is 0.728. The number of aromatic nitrogens is 2. The molecular formula is C13H24N4O. The molecule has 0 aromatic carbocycles.